The number of hydrogen-bond donors (Lipinski definition) is 1. The van der Waals surface area contributed by atoms with Crippen molar-refractivity contribution in [1.82, 2.24) is 30.0 Å². The molecular formula is C34H44FN9O3. The first-order valence-electron chi connectivity index (χ1n) is 16.6. The van der Waals surface area contributed by atoms with Crippen LogP contribution < -0.4 is 20.3 Å². The van der Waals surface area contributed by atoms with Gasteiger partial charge in [0.25, 0.3) is 17.7 Å². The second kappa shape index (κ2) is 13.8. The molecule has 3 fully saturated rings. The third kappa shape index (κ3) is 6.99. The number of primary amides is 1. The summed E-state index contributed by atoms with van der Waals surface area (Å²) < 4.78 is 20.4. The van der Waals surface area contributed by atoms with Gasteiger partial charge in [0.05, 0.1) is 16.8 Å². The molecule has 3 aliphatic rings. The average Bonchev–Trinajstić information content (AvgIpc) is 3.06. The number of nitrogens with zero attached hydrogens (tertiary/aromatic N) is 8. The van der Waals surface area contributed by atoms with Crippen LogP contribution in [0.4, 0.5) is 15.9 Å². The third-order valence-corrected chi connectivity index (χ3v) is 9.98. The Balaban J connectivity index is 1.03. The summed E-state index contributed by atoms with van der Waals surface area (Å²) in [5.74, 6) is 0.372. The SMILES string of the molecule is CCN(C(=O)c1cc(F)ccc1Oc1nncnc1N1CC2(CCN(CC3CCN(c4ccncc4C(N)=O)CC3)CC2)C1)C(C)C. The monoisotopic (exact) mass is 645 g/mol. The summed E-state index contributed by atoms with van der Waals surface area (Å²) in [6.07, 6.45) is 9.04. The van der Waals surface area contributed by atoms with Gasteiger partial charge in [-0.3, -0.25) is 14.6 Å². The minimum Gasteiger partial charge on any atom is -0.434 e. The van der Waals surface area contributed by atoms with Gasteiger partial charge in [-0.2, -0.15) is 0 Å². The smallest absolute Gasteiger partial charge is 0.282 e. The Labute approximate surface area is 275 Å². The van der Waals surface area contributed by atoms with E-state index < -0.39 is 11.7 Å². The lowest BCUT2D eigenvalue weighted by Gasteiger charge is -2.54. The van der Waals surface area contributed by atoms with Crippen LogP contribution in [-0.2, 0) is 0 Å². The Morgan fingerprint density at radius 3 is 2.51 bits per heavy atom. The first kappa shape index (κ1) is 32.5. The molecule has 3 saturated heterocycles. The number of halogens is 1. The number of benzene rings is 1. The highest BCUT2D eigenvalue weighted by Gasteiger charge is 2.46. The van der Waals surface area contributed by atoms with E-state index in [1.807, 2.05) is 26.8 Å². The predicted octanol–water partition coefficient (Wildman–Crippen LogP) is 3.99. The van der Waals surface area contributed by atoms with E-state index in [0.717, 1.165) is 77.2 Å². The number of carbonyl (C=O) groups is 2. The van der Waals surface area contributed by atoms with Gasteiger partial charge in [0.1, 0.15) is 17.9 Å². The van der Waals surface area contributed by atoms with Crippen LogP contribution in [0.1, 0.15) is 67.2 Å². The quantitative estimate of drug-likeness (QED) is 0.345. The molecule has 13 heteroatoms. The van der Waals surface area contributed by atoms with Crippen molar-refractivity contribution in [1.29, 1.82) is 0 Å². The Bertz CT molecular complexity index is 1580. The van der Waals surface area contributed by atoms with E-state index in [9.17, 15) is 14.0 Å². The van der Waals surface area contributed by atoms with Gasteiger partial charge in [0.2, 0.25) is 0 Å². The minimum atomic E-state index is -0.511. The average molecular weight is 646 g/mol. The maximum absolute atomic E-state index is 14.3. The largest absolute Gasteiger partial charge is 0.434 e. The number of likely N-dealkylation sites (tertiary alicyclic amines) is 1. The second-order valence-corrected chi connectivity index (χ2v) is 13.4. The number of amides is 2. The summed E-state index contributed by atoms with van der Waals surface area (Å²) in [5.41, 5.74) is 7.30. The topological polar surface area (TPSA) is 134 Å². The lowest BCUT2D eigenvalue weighted by Crippen LogP contribution is -2.61. The van der Waals surface area contributed by atoms with E-state index in [2.05, 4.69) is 34.9 Å². The third-order valence-electron chi connectivity index (χ3n) is 9.98. The van der Waals surface area contributed by atoms with Crippen molar-refractivity contribution in [2.24, 2.45) is 17.1 Å². The summed E-state index contributed by atoms with van der Waals surface area (Å²) in [6, 6.07) is 5.78. The Kier molecular flexibility index (Phi) is 9.53. The Morgan fingerprint density at radius 2 is 1.83 bits per heavy atom. The van der Waals surface area contributed by atoms with Crippen LogP contribution in [-0.4, -0.2) is 100 Å². The molecule has 1 aromatic carbocycles. The standard InChI is InChI=1S/C34H44FN9O3/c1-4-44(23(2)3)33(46)26-17-25(35)5-6-29(26)47-32-31(38-22-39-40-32)43-20-34(21-43)10-15-41(16-11-34)19-24-8-13-42(14-9-24)28-7-12-37-18-27(28)30(36)45/h5-7,12,17-18,22-24H,4,8-11,13-16,19-21H2,1-3H3,(H2,36,45). The summed E-state index contributed by atoms with van der Waals surface area (Å²) in [6.45, 7) is 12.9. The molecule has 2 amide bonds. The van der Waals surface area contributed by atoms with E-state index in [-0.39, 0.29) is 34.6 Å². The van der Waals surface area contributed by atoms with Crippen molar-refractivity contribution in [3.63, 3.8) is 0 Å². The number of hydrogen-bond acceptors (Lipinski definition) is 10. The highest BCUT2D eigenvalue weighted by molar-refractivity contribution is 5.98. The van der Waals surface area contributed by atoms with E-state index >= 15 is 0 Å². The molecule has 0 bridgehead atoms. The molecule has 1 spiro atoms. The van der Waals surface area contributed by atoms with Crippen LogP contribution in [0.2, 0.25) is 0 Å². The van der Waals surface area contributed by atoms with Crippen molar-refractivity contribution < 1.29 is 18.7 Å². The minimum absolute atomic E-state index is 0.0512. The van der Waals surface area contributed by atoms with Gasteiger partial charge in [-0.1, -0.05) is 0 Å². The normalized spacial score (nSPS) is 18.3. The number of rotatable bonds is 10. The Hall–Kier alpha value is -4.39. The number of carbonyl (C=O) groups excluding carboxylic acids is 2. The maximum Gasteiger partial charge on any atom is 0.282 e. The van der Waals surface area contributed by atoms with Crippen LogP contribution in [0.3, 0.4) is 0 Å². The fourth-order valence-electron chi connectivity index (χ4n) is 7.32. The Morgan fingerprint density at radius 1 is 1.09 bits per heavy atom. The summed E-state index contributed by atoms with van der Waals surface area (Å²) in [5, 5.41) is 8.16. The van der Waals surface area contributed by atoms with Gasteiger partial charge in [0, 0.05) is 63.1 Å². The van der Waals surface area contributed by atoms with E-state index in [0.29, 0.717) is 23.8 Å². The fraction of sp³-hybridized carbons (Fsp3) is 0.529. The van der Waals surface area contributed by atoms with Crippen molar-refractivity contribution >= 4 is 23.3 Å². The molecule has 47 heavy (non-hydrogen) atoms. The zero-order chi connectivity index (χ0) is 33.1. The van der Waals surface area contributed by atoms with Gasteiger partial charge < -0.3 is 30.1 Å². The number of pyridine rings is 1. The molecule has 2 N–H and O–H groups in total. The molecule has 0 unspecified atom stereocenters. The lowest BCUT2D eigenvalue weighted by atomic mass is 9.72. The number of aromatic nitrogens is 4. The van der Waals surface area contributed by atoms with Gasteiger partial charge in [-0.15, -0.1) is 10.2 Å². The lowest BCUT2D eigenvalue weighted by molar-refractivity contribution is 0.0641. The zero-order valence-electron chi connectivity index (χ0n) is 27.4. The molecule has 3 aromatic rings. The number of anilines is 2. The molecule has 3 aliphatic heterocycles. The molecule has 250 valence electrons. The van der Waals surface area contributed by atoms with Crippen LogP contribution >= 0.6 is 0 Å². The van der Waals surface area contributed by atoms with E-state index in [1.165, 1.54) is 24.5 Å². The van der Waals surface area contributed by atoms with Crippen LogP contribution in [0.5, 0.6) is 11.6 Å². The summed E-state index contributed by atoms with van der Waals surface area (Å²) in [7, 11) is 0. The molecule has 0 radical (unpaired) electrons. The van der Waals surface area contributed by atoms with Crippen molar-refractivity contribution in [3.05, 3.63) is 59.9 Å². The highest BCUT2D eigenvalue weighted by atomic mass is 19.1. The zero-order valence-corrected chi connectivity index (χ0v) is 27.4. The predicted molar refractivity (Wildman–Crippen MR) is 176 cm³/mol. The number of ether oxygens (including phenoxy) is 1. The van der Waals surface area contributed by atoms with Crippen molar-refractivity contribution in [3.8, 4) is 11.6 Å². The molecule has 0 aliphatic carbocycles. The molecule has 0 atom stereocenters. The summed E-state index contributed by atoms with van der Waals surface area (Å²) in [4.78, 5) is 42.4. The van der Waals surface area contributed by atoms with Crippen molar-refractivity contribution in [2.45, 2.75) is 52.5 Å². The molecule has 2 aromatic heterocycles. The van der Waals surface area contributed by atoms with E-state index in [1.54, 1.807) is 17.3 Å². The highest BCUT2D eigenvalue weighted by Crippen LogP contribution is 2.44. The molecule has 6 rings (SSSR count). The van der Waals surface area contributed by atoms with Crippen LogP contribution in [0.25, 0.3) is 0 Å². The molecule has 5 heterocycles. The first-order valence-corrected chi connectivity index (χ1v) is 16.6. The molecular weight excluding hydrogens is 601 g/mol. The van der Waals surface area contributed by atoms with Crippen LogP contribution in [0.15, 0.2) is 43.0 Å². The second-order valence-electron chi connectivity index (χ2n) is 13.4. The van der Waals surface area contributed by atoms with E-state index in [4.69, 9.17) is 10.5 Å². The molecule has 12 nitrogen and oxygen atoms in total. The number of nitrogens with two attached hydrogens (primary N) is 1. The van der Waals surface area contributed by atoms with Gasteiger partial charge in [0.15, 0.2) is 5.82 Å². The van der Waals surface area contributed by atoms with Crippen molar-refractivity contribution in [2.75, 3.05) is 62.2 Å². The summed E-state index contributed by atoms with van der Waals surface area (Å²) >= 11 is 0. The maximum atomic E-state index is 14.3. The van der Waals surface area contributed by atoms with Gasteiger partial charge >= 0.3 is 0 Å². The fourth-order valence-corrected chi connectivity index (χ4v) is 7.32. The number of piperidine rings is 2. The molecule has 0 saturated carbocycles. The van der Waals surface area contributed by atoms with Gasteiger partial charge in [-0.05, 0) is 89.7 Å². The van der Waals surface area contributed by atoms with Crippen LogP contribution in [0, 0.1) is 17.2 Å². The first-order chi connectivity index (χ1) is 22.7. The van der Waals surface area contributed by atoms with Gasteiger partial charge in [-0.25, -0.2) is 9.37 Å².